The van der Waals surface area contributed by atoms with Gasteiger partial charge in [-0.1, -0.05) is 0 Å². The van der Waals surface area contributed by atoms with Gasteiger partial charge in [-0.25, -0.2) is 0 Å². The predicted molar refractivity (Wildman–Crippen MR) is 98.6 cm³/mol. The van der Waals surface area contributed by atoms with E-state index < -0.39 is 0 Å². The van der Waals surface area contributed by atoms with Crippen molar-refractivity contribution in [3.63, 3.8) is 0 Å². The minimum Gasteiger partial charge on any atom is -0.308 e. The molecule has 1 atom stereocenters. The van der Waals surface area contributed by atoms with Crippen LogP contribution in [0.3, 0.4) is 0 Å². The monoisotopic (exact) mass is 357 g/mol. The zero-order chi connectivity index (χ0) is 18.1. The molecule has 8 nitrogen and oxygen atoms in total. The Morgan fingerprint density at radius 1 is 1.12 bits per heavy atom. The summed E-state index contributed by atoms with van der Waals surface area (Å²) in [6.45, 7) is 5.57. The molecule has 2 fully saturated rings. The Bertz CT molecular complexity index is 759. The molecule has 2 aromatic rings. The van der Waals surface area contributed by atoms with Crippen molar-refractivity contribution in [2.24, 2.45) is 14.1 Å². The second-order valence-corrected chi connectivity index (χ2v) is 7.28. The van der Waals surface area contributed by atoms with Crippen molar-refractivity contribution in [3.8, 4) is 0 Å². The molecule has 2 aliphatic rings. The van der Waals surface area contributed by atoms with Gasteiger partial charge in [-0.2, -0.15) is 10.2 Å². The van der Waals surface area contributed by atoms with Gasteiger partial charge in [0.25, 0.3) is 0 Å². The third kappa shape index (κ3) is 3.39. The molecule has 26 heavy (non-hydrogen) atoms. The SMILES string of the molecule is Cn1cc(N2CCCC(N3CCN(Cc4ccnn4C)CC3)C2=O)cn1. The molecule has 4 rings (SSSR count). The summed E-state index contributed by atoms with van der Waals surface area (Å²) in [6.07, 6.45) is 7.55. The van der Waals surface area contributed by atoms with Crippen molar-refractivity contribution in [2.45, 2.75) is 25.4 Å². The van der Waals surface area contributed by atoms with Gasteiger partial charge in [0.05, 0.1) is 23.6 Å². The summed E-state index contributed by atoms with van der Waals surface area (Å²) in [6, 6.07) is 2.07. The quantitative estimate of drug-likeness (QED) is 0.796. The van der Waals surface area contributed by atoms with Gasteiger partial charge < -0.3 is 4.90 Å². The van der Waals surface area contributed by atoms with Crippen LogP contribution in [0.5, 0.6) is 0 Å². The molecule has 0 radical (unpaired) electrons. The maximum absolute atomic E-state index is 13.0. The fourth-order valence-corrected chi connectivity index (χ4v) is 4.02. The number of amides is 1. The number of aryl methyl sites for hydroxylation is 2. The Kier molecular flexibility index (Phi) is 4.78. The molecule has 0 spiro atoms. The van der Waals surface area contributed by atoms with Crippen LogP contribution < -0.4 is 4.90 Å². The van der Waals surface area contributed by atoms with Gasteiger partial charge in [0, 0.05) is 65.8 Å². The van der Waals surface area contributed by atoms with Crippen LogP contribution in [0.4, 0.5) is 5.69 Å². The zero-order valence-corrected chi connectivity index (χ0v) is 15.6. The molecule has 2 aliphatic heterocycles. The number of piperazine rings is 1. The van der Waals surface area contributed by atoms with E-state index in [0.29, 0.717) is 0 Å². The first-order valence-electron chi connectivity index (χ1n) is 9.35. The molecule has 2 saturated heterocycles. The molecular formula is C18H27N7O. The van der Waals surface area contributed by atoms with E-state index in [1.54, 1.807) is 10.9 Å². The number of piperidine rings is 1. The molecule has 0 bridgehead atoms. The standard InChI is InChI=1S/C18H27N7O/c1-21-13-16(12-20-21)25-7-3-4-17(18(25)26)24-10-8-23(9-11-24)14-15-5-6-19-22(15)2/h5-6,12-13,17H,3-4,7-11,14H2,1-2H3. The first-order chi connectivity index (χ1) is 12.6. The molecule has 1 unspecified atom stereocenters. The fourth-order valence-electron chi connectivity index (χ4n) is 4.02. The molecular weight excluding hydrogens is 330 g/mol. The number of hydrogen-bond donors (Lipinski definition) is 0. The number of carbonyl (C=O) groups is 1. The lowest BCUT2D eigenvalue weighted by Crippen LogP contribution is -2.57. The summed E-state index contributed by atoms with van der Waals surface area (Å²) in [5.41, 5.74) is 2.15. The third-order valence-corrected chi connectivity index (χ3v) is 5.57. The molecule has 4 heterocycles. The molecule has 140 valence electrons. The summed E-state index contributed by atoms with van der Waals surface area (Å²) >= 11 is 0. The molecule has 0 N–H and O–H groups in total. The molecule has 0 aliphatic carbocycles. The number of carbonyl (C=O) groups excluding carboxylic acids is 1. The van der Waals surface area contributed by atoms with E-state index in [4.69, 9.17) is 0 Å². The van der Waals surface area contributed by atoms with Crippen molar-refractivity contribution in [1.29, 1.82) is 0 Å². The van der Waals surface area contributed by atoms with Gasteiger partial charge in [-0.05, 0) is 18.9 Å². The van der Waals surface area contributed by atoms with E-state index in [-0.39, 0.29) is 11.9 Å². The summed E-state index contributed by atoms with van der Waals surface area (Å²) < 4.78 is 3.69. The number of rotatable bonds is 4. The summed E-state index contributed by atoms with van der Waals surface area (Å²) in [7, 11) is 3.87. The number of hydrogen-bond acceptors (Lipinski definition) is 5. The lowest BCUT2D eigenvalue weighted by molar-refractivity contribution is -0.126. The highest BCUT2D eigenvalue weighted by Gasteiger charge is 2.35. The van der Waals surface area contributed by atoms with Crippen LogP contribution in [-0.2, 0) is 25.4 Å². The topological polar surface area (TPSA) is 62.4 Å². The van der Waals surface area contributed by atoms with Crippen molar-refractivity contribution >= 4 is 11.6 Å². The minimum absolute atomic E-state index is 0.00260. The Labute approximate surface area is 154 Å². The number of anilines is 1. The average Bonchev–Trinajstić information content (AvgIpc) is 3.25. The van der Waals surface area contributed by atoms with Crippen molar-refractivity contribution in [2.75, 3.05) is 37.6 Å². The van der Waals surface area contributed by atoms with Gasteiger partial charge in [0.2, 0.25) is 5.91 Å². The van der Waals surface area contributed by atoms with Crippen LogP contribution >= 0.6 is 0 Å². The van der Waals surface area contributed by atoms with Crippen LogP contribution in [0.25, 0.3) is 0 Å². The fraction of sp³-hybridized carbons (Fsp3) is 0.611. The first-order valence-corrected chi connectivity index (χ1v) is 9.35. The summed E-state index contributed by atoms with van der Waals surface area (Å²) in [4.78, 5) is 19.8. The van der Waals surface area contributed by atoms with Crippen LogP contribution in [0.2, 0.25) is 0 Å². The van der Waals surface area contributed by atoms with E-state index in [1.807, 2.05) is 36.1 Å². The molecule has 0 saturated carbocycles. The number of aromatic nitrogens is 4. The summed E-state index contributed by atoms with van der Waals surface area (Å²) in [5, 5.41) is 8.45. The van der Waals surface area contributed by atoms with Crippen LogP contribution in [0, 0.1) is 0 Å². The average molecular weight is 357 g/mol. The highest BCUT2D eigenvalue weighted by atomic mass is 16.2. The molecule has 0 aromatic carbocycles. The molecule has 8 heteroatoms. The van der Waals surface area contributed by atoms with Gasteiger partial charge in [0.1, 0.15) is 0 Å². The first kappa shape index (κ1) is 17.2. The van der Waals surface area contributed by atoms with Gasteiger partial charge in [-0.3, -0.25) is 24.0 Å². The smallest absolute Gasteiger partial charge is 0.244 e. The van der Waals surface area contributed by atoms with Crippen molar-refractivity contribution in [1.82, 2.24) is 29.4 Å². The van der Waals surface area contributed by atoms with Crippen LogP contribution in [-0.4, -0.2) is 74.0 Å². The molecule has 2 aromatic heterocycles. The third-order valence-electron chi connectivity index (χ3n) is 5.57. The van der Waals surface area contributed by atoms with Crippen LogP contribution in [0.15, 0.2) is 24.7 Å². The lowest BCUT2D eigenvalue weighted by Gasteiger charge is -2.42. The van der Waals surface area contributed by atoms with Gasteiger partial charge in [0.15, 0.2) is 0 Å². The second-order valence-electron chi connectivity index (χ2n) is 7.28. The van der Waals surface area contributed by atoms with E-state index in [1.165, 1.54) is 5.69 Å². The Hall–Kier alpha value is -2.19. The van der Waals surface area contributed by atoms with Crippen LogP contribution in [0.1, 0.15) is 18.5 Å². The maximum atomic E-state index is 13.0. The van der Waals surface area contributed by atoms with E-state index in [2.05, 4.69) is 26.1 Å². The van der Waals surface area contributed by atoms with Crippen molar-refractivity contribution in [3.05, 3.63) is 30.4 Å². The largest absolute Gasteiger partial charge is 0.308 e. The Balaban J connectivity index is 1.36. The van der Waals surface area contributed by atoms with Gasteiger partial charge >= 0.3 is 0 Å². The lowest BCUT2D eigenvalue weighted by atomic mass is 10.0. The minimum atomic E-state index is 0.00260. The van der Waals surface area contributed by atoms with E-state index in [9.17, 15) is 4.79 Å². The summed E-state index contributed by atoms with van der Waals surface area (Å²) in [5.74, 6) is 0.226. The Morgan fingerprint density at radius 3 is 2.58 bits per heavy atom. The van der Waals surface area contributed by atoms with Gasteiger partial charge in [-0.15, -0.1) is 0 Å². The Morgan fingerprint density at radius 2 is 1.92 bits per heavy atom. The second kappa shape index (κ2) is 7.20. The molecule has 1 amide bonds. The maximum Gasteiger partial charge on any atom is 0.244 e. The normalized spacial score (nSPS) is 22.9. The number of nitrogens with zero attached hydrogens (tertiary/aromatic N) is 7. The highest BCUT2D eigenvalue weighted by Crippen LogP contribution is 2.24. The van der Waals surface area contributed by atoms with E-state index >= 15 is 0 Å². The predicted octanol–water partition coefficient (Wildman–Crippen LogP) is 0.467. The van der Waals surface area contributed by atoms with E-state index in [0.717, 1.165) is 57.8 Å². The highest BCUT2D eigenvalue weighted by molar-refractivity contribution is 5.97. The zero-order valence-electron chi connectivity index (χ0n) is 15.6. The van der Waals surface area contributed by atoms with Crippen molar-refractivity contribution < 1.29 is 4.79 Å².